The molecular weight excluding hydrogens is 264 g/mol. The number of nitrogens with one attached hydrogen (secondary N) is 1. The van der Waals surface area contributed by atoms with Gasteiger partial charge < -0.3 is 14.7 Å². The topological polar surface area (TPSA) is 54.2 Å². The summed E-state index contributed by atoms with van der Waals surface area (Å²) in [5.74, 6) is 1.53. The Labute approximate surface area is 125 Å². The normalized spacial score (nSPS) is 14.4. The summed E-state index contributed by atoms with van der Waals surface area (Å²) in [5.41, 5.74) is 2.39. The lowest BCUT2D eigenvalue weighted by molar-refractivity contribution is 0.370. The summed E-state index contributed by atoms with van der Waals surface area (Å²) in [6.45, 7) is 4.84. The van der Waals surface area contributed by atoms with Crippen molar-refractivity contribution in [1.82, 2.24) is 10.1 Å². The van der Waals surface area contributed by atoms with E-state index in [0.29, 0.717) is 12.4 Å². The summed E-state index contributed by atoms with van der Waals surface area (Å²) in [5, 5.41) is 7.54. The van der Waals surface area contributed by atoms with Crippen LogP contribution in [0, 0.1) is 0 Å². The monoisotopic (exact) mass is 286 g/mol. The van der Waals surface area contributed by atoms with Gasteiger partial charge in [-0.15, -0.1) is 0 Å². The maximum atomic E-state index is 5.40. The lowest BCUT2D eigenvalue weighted by Crippen LogP contribution is -2.23. The van der Waals surface area contributed by atoms with Crippen LogP contribution in [0.2, 0.25) is 0 Å². The number of anilines is 2. The third-order valence-corrected chi connectivity index (χ3v) is 3.76. The number of aromatic nitrogens is 2. The van der Waals surface area contributed by atoms with Crippen molar-refractivity contribution in [3.63, 3.8) is 0 Å². The largest absolute Gasteiger partial charge is 0.383 e. The van der Waals surface area contributed by atoms with Crippen LogP contribution in [-0.2, 0) is 13.0 Å². The highest BCUT2D eigenvalue weighted by molar-refractivity contribution is 5.70. The van der Waals surface area contributed by atoms with Crippen LogP contribution in [0.4, 0.5) is 11.4 Å². The van der Waals surface area contributed by atoms with Crippen molar-refractivity contribution in [3.05, 3.63) is 36.0 Å². The summed E-state index contributed by atoms with van der Waals surface area (Å²) in [4.78, 5) is 6.82. The molecule has 2 heterocycles. The molecule has 112 valence electrons. The average molecular weight is 286 g/mol. The Bertz CT molecular complexity index is 581. The van der Waals surface area contributed by atoms with Crippen LogP contribution in [0.3, 0.4) is 0 Å². The summed E-state index contributed by atoms with van der Waals surface area (Å²) in [7, 11) is 0. The highest BCUT2D eigenvalue weighted by Crippen LogP contribution is 2.28. The molecule has 1 aromatic carbocycles. The molecule has 0 fully saturated rings. The van der Waals surface area contributed by atoms with Crippen LogP contribution in [0.15, 0.2) is 28.8 Å². The molecule has 0 radical (unpaired) electrons. The van der Waals surface area contributed by atoms with E-state index in [4.69, 9.17) is 4.52 Å². The quantitative estimate of drug-likeness (QED) is 0.914. The van der Waals surface area contributed by atoms with Crippen LogP contribution < -0.4 is 10.2 Å². The lowest BCUT2D eigenvalue weighted by atomic mass is 10.2. The third-order valence-electron chi connectivity index (χ3n) is 3.76. The molecule has 5 heteroatoms. The Kier molecular flexibility index (Phi) is 4.38. The molecule has 1 aliphatic rings. The maximum Gasteiger partial charge on any atom is 0.246 e. The zero-order valence-electron chi connectivity index (χ0n) is 12.5. The van der Waals surface area contributed by atoms with Crippen LogP contribution in [-0.4, -0.2) is 23.2 Å². The van der Waals surface area contributed by atoms with Crippen molar-refractivity contribution in [2.24, 2.45) is 0 Å². The average Bonchev–Trinajstić information content (AvgIpc) is 2.86. The van der Waals surface area contributed by atoms with Gasteiger partial charge in [-0.1, -0.05) is 30.6 Å². The standard InChI is InChI=1S/C16H22N4O/c1-2-3-9-15-18-16(21-19-15)12-20-11-6-10-17-13-7-4-5-8-14(13)20/h4-5,7-8,17H,2-3,6,9-12H2,1H3. The highest BCUT2D eigenvalue weighted by Gasteiger charge is 2.17. The van der Waals surface area contributed by atoms with Gasteiger partial charge in [-0.3, -0.25) is 0 Å². The van der Waals surface area contributed by atoms with Crippen LogP contribution in [0.25, 0.3) is 0 Å². The molecule has 1 N–H and O–H groups in total. The SMILES string of the molecule is CCCCc1noc(CN2CCCNc3ccccc32)n1. The first-order valence-corrected chi connectivity index (χ1v) is 7.76. The summed E-state index contributed by atoms with van der Waals surface area (Å²) in [6.07, 6.45) is 4.26. The molecule has 1 aliphatic heterocycles. The van der Waals surface area contributed by atoms with Gasteiger partial charge >= 0.3 is 0 Å². The Morgan fingerprint density at radius 1 is 1.33 bits per heavy atom. The van der Waals surface area contributed by atoms with Crippen molar-refractivity contribution in [3.8, 4) is 0 Å². The van der Waals surface area contributed by atoms with Crippen molar-refractivity contribution in [1.29, 1.82) is 0 Å². The highest BCUT2D eigenvalue weighted by atomic mass is 16.5. The number of benzene rings is 1. The van der Waals surface area contributed by atoms with Gasteiger partial charge in [0.2, 0.25) is 5.89 Å². The molecule has 0 unspecified atom stereocenters. The van der Waals surface area contributed by atoms with Crippen molar-refractivity contribution < 1.29 is 4.52 Å². The number of rotatable bonds is 5. The molecule has 0 saturated carbocycles. The predicted octanol–water partition coefficient (Wildman–Crippen LogP) is 3.23. The minimum atomic E-state index is 0.678. The molecule has 1 aromatic heterocycles. The van der Waals surface area contributed by atoms with Crippen LogP contribution in [0.1, 0.15) is 37.9 Å². The van der Waals surface area contributed by atoms with Gasteiger partial charge in [-0.05, 0) is 25.0 Å². The van der Waals surface area contributed by atoms with E-state index in [2.05, 4.69) is 51.5 Å². The van der Waals surface area contributed by atoms with E-state index in [1.807, 2.05) is 0 Å². The Morgan fingerprint density at radius 2 is 2.24 bits per heavy atom. The fourth-order valence-electron chi connectivity index (χ4n) is 2.63. The summed E-state index contributed by atoms with van der Waals surface area (Å²) < 4.78 is 5.40. The third kappa shape index (κ3) is 3.35. The summed E-state index contributed by atoms with van der Waals surface area (Å²) in [6, 6.07) is 8.39. The Balaban J connectivity index is 1.73. The molecule has 21 heavy (non-hydrogen) atoms. The minimum Gasteiger partial charge on any atom is -0.383 e. The summed E-state index contributed by atoms with van der Waals surface area (Å²) >= 11 is 0. The van der Waals surface area contributed by atoms with Gasteiger partial charge in [0.05, 0.1) is 17.9 Å². The van der Waals surface area contributed by atoms with Gasteiger partial charge in [-0.2, -0.15) is 4.98 Å². The van der Waals surface area contributed by atoms with E-state index < -0.39 is 0 Å². The second-order valence-electron chi connectivity index (χ2n) is 5.43. The molecule has 0 atom stereocenters. The van der Waals surface area contributed by atoms with E-state index in [1.54, 1.807) is 0 Å². The Hall–Kier alpha value is -2.04. The van der Waals surface area contributed by atoms with Crippen molar-refractivity contribution >= 4 is 11.4 Å². The fourth-order valence-corrected chi connectivity index (χ4v) is 2.63. The zero-order chi connectivity index (χ0) is 14.5. The molecule has 0 spiro atoms. The lowest BCUT2D eigenvalue weighted by Gasteiger charge is -2.22. The molecule has 0 aliphatic carbocycles. The molecule has 2 aromatic rings. The van der Waals surface area contributed by atoms with Gasteiger partial charge in [0.25, 0.3) is 0 Å². The second kappa shape index (κ2) is 6.61. The Morgan fingerprint density at radius 3 is 3.14 bits per heavy atom. The molecule has 3 rings (SSSR count). The number of hydrogen-bond acceptors (Lipinski definition) is 5. The molecule has 5 nitrogen and oxygen atoms in total. The molecule has 0 amide bonds. The number of aryl methyl sites for hydroxylation is 1. The minimum absolute atomic E-state index is 0.678. The molecule has 0 saturated heterocycles. The second-order valence-corrected chi connectivity index (χ2v) is 5.43. The van der Waals surface area contributed by atoms with Crippen LogP contribution in [0.5, 0.6) is 0 Å². The number of unbranched alkanes of at least 4 members (excludes halogenated alkanes) is 1. The van der Waals surface area contributed by atoms with Gasteiger partial charge in [-0.25, -0.2) is 0 Å². The fraction of sp³-hybridized carbons (Fsp3) is 0.500. The zero-order valence-corrected chi connectivity index (χ0v) is 12.5. The van der Waals surface area contributed by atoms with Gasteiger partial charge in [0, 0.05) is 19.5 Å². The first-order chi connectivity index (χ1) is 10.4. The maximum absolute atomic E-state index is 5.40. The first-order valence-electron chi connectivity index (χ1n) is 7.76. The number of fused-ring (bicyclic) bond motifs is 1. The van der Waals surface area contributed by atoms with Crippen molar-refractivity contribution in [2.75, 3.05) is 23.3 Å². The van der Waals surface area contributed by atoms with E-state index in [1.165, 1.54) is 11.4 Å². The molecular formula is C16H22N4O. The van der Waals surface area contributed by atoms with Crippen LogP contribution >= 0.6 is 0 Å². The molecule has 0 bridgehead atoms. The predicted molar refractivity (Wildman–Crippen MR) is 83.5 cm³/mol. The van der Waals surface area contributed by atoms with E-state index in [0.717, 1.165) is 44.6 Å². The first kappa shape index (κ1) is 13.9. The number of nitrogens with zero attached hydrogens (tertiary/aromatic N) is 3. The van der Waals surface area contributed by atoms with Gasteiger partial charge in [0.1, 0.15) is 0 Å². The number of hydrogen-bond donors (Lipinski definition) is 1. The van der Waals surface area contributed by atoms with E-state index in [9.17, 15) is 0 Å². The van der Waals surface area contributed by atoms with Crippen molar-refractivity contribution in [2.45, 2.75) is 39.2 Å². The number of para-hydroxylation sites is 2. The van der Waals surface area contributed by atoms with Gasteiger partial charge in [0.15, 0.2) is 5.82 Å². The smallest absolute Gasteiger partial charge is 0.246 e. The van der Waals surface area contributed by atoms with E-state index >= 15 is 0 Å². The van der Waals surface area contributed by atoms with E-state index in [-0.39, 0.29) is 0 Å².